The molecule has 0 aromatic carbocycles. The largest absolute Gasteiger partial charge is 0.323 e. The predicted octanol–water partition coefficient (Wildman–Crippen LogP) is 0.997. The molecule has 0 aromatic heterocycles. The van der Waals surface area contributed by atoms with Crippen LogP contribution in [-0.4, -0.2) is 11.9 Å². The van der Waals surface area contributed by atoms with Gasteiger partial charge in [-0.15, -0.1) is 0 Å². The van der Waals surface area contributed by atoms with Crippen molar-refractivity contribution in [1.29, 1.82) is 5.41 Å². The highest BCUT2D eigenvalue weighted by Crippen LogP contribution is 2.00. The van der Waals surface area contributed by atoms with E-state index in [4.69, 9.17) is 11.3 Å². The van der Waals surface area contributed by atoms with Crippen LogP contribution in [0.4, 0.5) is 0 Å². The first-order valence-corrected chi connectivity index (χ1v) is 3.04. The topological polar surface area (TPSA) is 62.2 Å². The molecule has 52 valence electrons. The molecule has 3 heteroatoms. The van der Waals surface area contributed by atoms with E-state index in [9.17, 15) is 0 Å². The van der Waals surface area contributed by atoms with Gasteiger partial charge < -0.3 is 11.3 Å². The molecule has 1 atom stereocenters. The molecule has 0 aromatic rings. The smallest absolute Gasteiger partial charge is 0.0803 e. The summed E-state index contributed by atoms with van der Waals surface area (Å²) >= 11 is 0. The van der Waals surface area contributed by atoms with Gasteiger partial charge in [0.2, 0.25) is 0 Å². The van der Waals surface area contributed by atoms with Gasteiger partial charge in [-0.25, -0.2) is 0 Å². The fraction of sp³-hybridized carbons (Fsp3) is 0.667. The summed E-state index contributed by atoms with van der Waals surface area (Å²) in [6.07, 6.45) is 2.18. The summed E-state index contributed by atoms with van der Waals surface area (Å²) in [6, 6.07) is 0. The fourth-order valence-corrected chi connectivity index (χ4v) is 0.516. The van der Waals surface area contributed by atoms with Gasteiger partial charge in [0.05, 0.1) is 5.71 Å². The number of nitrogens with zero attached hydrogens (tertiary/aromatic N) is 1. The summed E-state index contributed by atoms with van der Waals surface area (Å²) in [5.41, 5.74) is 0.664. The van der Waals surface area contributed by atoms with E-state index in [0.29, 0.717) is 11.6 Å². The third-order valence-electron chi connectivity index (χ3n) is 1.41. The molecule has 0 aliphatic carbocycles. The van der Waals surface area contributed by atoms with Crippen LogP contribution in [-0.2, 0) is 0 Å². The lowest BCUT2D eigenvalue weighted by Gasteiger charge is -2.04. The second-order valence-corrected chi connectivity index (χ2v) is 2.01. The van der Waals surface area contributed by atoms with E-state index in [1.165, 1.54) is 6.21 Å². The average Bonchev–Trinajstić information content (AvgIpc) is 1.90. The van der Waals surface area contributed by atoms with Gasteiger partial charge in [0, 0.05) is 12.1 Å². The molecule has 0 radical (unpaired) electrons. The van der Waals surface area contributed by atoms with Gasteiger partial charge in [0.25, 0.3) is 0 Å². The number of nitrogens with one attached hydrogen (secondary N) is 1. The van der Waals surface area contributed by atoms with Crippen molar-refractivity contribution in [1.82, 2.24) is 0 Å². The molecule has 1 unspecified atom stereocenters. The Morgan fingerprint density at radius 2 is 2.44 bits per heavy atom. The zero-order chi connectivity index (χ0) is 7.28. The van der Waals surface area contributed by atoms with Gasteiger partial charge in [0.1, 0.15) is 0 Å². The Kier molecular flexibility index (Phi) is 3.67. The molecule has 0 heterocycles. The van der Waals surface area contributed by atoms with Crippen molar-refractivity contribution in [2.24, 2.45) is 16.9 Å². The number of hydrogen-bond acceptors (Lipinski definition) is 3. The monoisotopic (exact) mass is 127 g/mol. The molecule has 3 nitrogen and oxygen atoms in total. The number of hydrazone groups is 1. The number of rotatable bonds is 3. The number of nitrogens with two attached hydrogens (primary N) is 1. The normalized spacial score (nSPS) is 15.1. The average molecular weight is 127 g/mol. The van der Waals surface area contributed by atoms with Gasteiger partial charge >= 0.3 is 0 Å². The van der Waals surface area contributed by atoms with E-state index < -0.39 is 0 Å². The summed E-state index contributed by atoms with van der Waals surface area (Å²) in [4.78, 5) is 0. The Morgan fingerprint density at radius 3 is 2.56 bits per heavy atom. The Bertz CT molecular complexity index is 117. The molecule has 0 saturated heterocycles. The van der Waals surface area contributed by atoms with Crippen LogP contribution < -0.4 is 5.84 Å². The third-order valence-corrected chi connectivity index (χ3v) is 1.41. The minimum Gasteiger partial charge on any atom is -0.323 e. The fourth-order valence-electron chi connectivity index (χ4n) is 0.516. The minimum atomic E-state index is 0.312. The molecule has 9 heavy (non-hydrogen) atoms. The third kappa shape index (κ3) is 2.26. The Morgan fingerprint density at radius 1 is 1.89 bits per heavy atom. The Hall–Kier alpha value is -0.860. The maximum atomic E-state index is 6.86. The highest BCUT2D eigenvalue weighted by Gasteiger charge is 2.03. The molecule has 0 rings (SSSR count). The molecule has 3 N–H and O–H groups in total. The van der Waals surface area contributed by atoms with Crippen LogP contribution in [0.5, 0.6) is 0 Å². The summed E-state index contributed by atoms with van der Waals surface area (Å²) in [5, 5.41) is 10.3. The SMILES string of the molecule is CCC(C)C(C=N)=NN. The second kappa shape index (κ2) is 4.06. The van der Waals surface area contributed by atoms with Crippen LogP contribution in [0.2, 0.25) is 0 Å². The van der Waals surface area contributed by atoms with E-state index in [1.54, 1.807) is 0 Å². The summed E-state index contributed by atoms with van der Waals surface area (Å²) < 4.78 is 0. The quantitative estimate of drug-likeness (QED) is 0.331. The van der Waals surface area contributed by atoms with Gasteiger partial charge in [-0.3, -0.25) is 0 Å². The second-order valence-electron chi connectivity index (χ2n) is 2.01. The van der Waals surface area contributed by atoms with E-state index in [2.05, 4.69) is 5.10 Å². The first-order chi connectivity index (χ1) is 4.26. The van der Waals surface area contributed by atoms with Crippen molar-refractivity contribution in [2.75, 3.05) is 0 Å². The Balaban J connectivity index is 3.95. The highest BCUT2D eigenvalue weighted by atomic mass is 15.1. The number of hydrogen-bond donors (Lipinski definition) is 2. The van der Waals surface area contributed by atoms with Crippen molar-refractivity contribution in [3.05, 3.63) is 0 Å². The maximum absolute atomic E-state index is 6.86. The predicted molar refractivity (Wildman–Crippen MR) is 39.9 cm³/mol. The lowest BCUT2D eigenvalue weighted by atomic mass is 10.0. The molecule has 0 saturated carbocycles. The molecule has 0 bridgehead atoms. The van der Waals surface area contributed by atoms with Crippen LogP contribution in [0, 0.1) is 11.3 Å². The summed E-state index contributed by atoms with van der Waals surface area (Å²) in [5.74, 6) is 5.31. The standard InChI is InChI=1S/C6H13N3/c1-3-5(2)6(4-7)9-8/h4-5,7H,3,8H2,1-2H3. The van der Waals surface area contributed by atoms with Crippen molar-refractivity contribution in [3.63, 3.8) is 0 Å². The molecular formula is C6H13N3. The van der Waals surface area contributed by atoms with Crippen LogP contribution in [0.3, 0.4) is 0 Å². The zero-order valence-corrected chi connectivity index (χ0v) is 5.89. The maximum Gasteiger partial charge on any atom is 0.0803 e. The first kappa shape index (κ1) is 8.14. The lowest BCUT2D eigenvalue weighted by Crippen LogP contribution is -2.13. The molecule has 0 aliphatic rings. The van der Waals surface area contributed by atoms with Gasteiger partial charge in [-0.05, 0) is 6.42 Å². The van der Waals surface area contributed by atoms with E-state index in [0.717, 1.165) is 6.42 Å². The first-order valence-electron chi connectivity index (χ1n) is 3.04. The summed E-state index contributed by atoms with van der Waals surface area (Å²) in [7, 11) is 0. The van der Waals surface area contributed by atoms with Crippen molar-refractivity contribution >= 4 is 11.9 Å². The molecule has 0 fully saturated rings. The van der Waals surface area contributed by atoms with Crippen LogP contribution in [0.15, 0.2) is 5.10 Å². The van der Waals surface area contributed by atoms with Gasteiger partial charge in [-0.1, -0.05) is 13.8 Å². The van der Waals surface area contributed by atoms with Gasteiger partial charge in [-0.2, -0.15) is 5.10 Å². The lowest BCUT2D eigenvalue weighted by molar-refractivity contribution is 0.743. The molecule has 0 amide bonds. The minimum absolute atomic E-state index is 0.312. The molecule has 0 spiro atoms. The highest BCUT2D eigenvalue weighted by molar-refractivity contribution is 6.30. The van der Waals surface area contributed by atoms with Crippen molar-refractivity contribution < 1.29 is 0 Å². The Labute approximate surface area is 55.5 Å². The van der Waals surface area contributed by atoms with E-state index >= 15 is 0 Å². The summed E-state index contributed by atoms with van der Waals surface area (Å²) in [6.45, 7) is 4.04. The molecular weight excluding hydrogens is 114 g/mol. The van der Waals surface area contributed by atoms with Crippen molar-refractivity contribution in [3.8, 4) is 0 Å². The van der Waals surface area contributed by atoms with E-state index in [1.807, 2.05) is 13.8 Å². The van der Waals surface area contributed by atoms with Gasteiger partial charge in [0.15, 0.2) is 0 Å². The van der Waals surface area contributed by atoms with Crippen LogP contribution >= 0.6 is 0 Å². The van der Waals surface area contributed by atoms with Crippen LogP contribution in [0.1, 0.15) is 20.3 Å². The zero-order valence-electron chi connectivity index (χ0n) is 5.89. The van der Waals surface area contributed by atoms with E-state index in [-0.39, 0.29) is 0 Å². The van der Waals surface area contributed by atoms with Crippen molar-refractivity contribution in [2.45, 2.75) is 20.3 Å². The molecule has 0 aliphatic heterocycles. The van der Waals surface area contributed by atoms with Crippen LogP contribution in [0.25, 0.3) is 0 Å².